The van der Waals surface area contributed by atoms with Crippen LogP contribution in [0.25, 0.3) is 0 Å². The Labute approximate surface area is 190 Å². The number of aromatic nitrogens is 2. The molecule has 0 radical (unpaired) electrons. The zero-order valence-electron chi connectivity index (χ0n) is 19.0. The lowest BCUT2D eigenvalue weighted by atomic mass is 10.3. The molecule has 1 aliphatic heterocycles. The number of quaternary nitrogens is 1. The van der Waals surface area contributed by atoms with Crippen molar-refractivity contribution in [1.29, 1.82) is 0 Å². The second kappa shape index (κ2) is 14.4. The lowest BCUT2D eigenvalue weighted by Crippen LogP contribution is -2.54. The maximum Gasteiger partial charge on any atom is 0.673 e. The summed E-state index contributed by atoms with van der Waals surface area (Å²) in [4.78, 5) is 0.0165. The van der Waals surface area contributed by atoms with Crippen LogP contribution in [0.3, 0.4) is 0 Å². The number of hydrogen-bond acceptors (Lipinski definition) is 1. The summed E-state index contributed by atoms with van der Waals surface area (Å²) < 4.78 is 133. The number of hydrogen-bond donors (Lipinski definition) is 0. The number of halogens is 12. The fraction of sp³-hybridized carbons (Fsp3) is 0.688. The molecule has 202 valence electrons. The summed E-state index contributed by atoms with van der Waals surface area (Å²) in [5.41, 5.74) is 0. The van der Waals surface area contributed by atoms with Gasteiger partial charge < -0.3 is 34.5 Å². The monoisotopic (exact) mass is 526 g/mol. The minimum atomic E-state index is -6.00. The number of alkyl halides is 2. The molecule has 0 aliphatic carbocycles. The molecule has 2 heterocycles. The van der Waals surface area contributed by atoms with Crippen molar-refractivity contribution >= 4 is 14.5 Å². The fourth-order valence-corrected chi connectivity index (χ4v) is 2.27. The summed E-state index contributed by atoms with van der Waals surface area (Å²) in [6, 6.07) is 0. The Morgan fingerprint density at radius 2 is 1.38 bits per heavy atom. The number of imidazole rings is 1. The van der Waals surface area contributed by atoms with Crippen LogP contribution < -0.4 is 4.57 Å². The van der Waals surface area contributed by atoms with Crippen LogP contribution in [-0.2, 0) is 13.6 Å². The minimum absolute atomic E-state index is 0.0165. The van der Waals surface area contributed by atoms with Crippen molar-refractivity contribution in [2.45, 2.75) is 52.2 Å². The van der Waals surface area contributed by atoms with E-state index in [-0.39, 0.29) is 11.3 Å². The maximum atomic E-state index is 13.6. The summed E-state index contributed by atoms with van der Waals surface area (Å²) in [5, 5.41) is 0. The van der Waals surface area contributed by atoms with Crippen LogP contribution in [0.4, 0.5) is 52.2 Å². The maximum absolute atomic E-state index is 13.6. The van der Waals surface area contributed by atoms with Gasteiger partial charge in [-0.2, -0.15) is 4.39 Å². The van der Waals surface area contributed by atoms with Gasteiger partial charge in [0.2, 0.25) is 6.33 Å². The fourth-order valence-electron chi connectivity index (χ4n) is 2.27. The van der Waals surface area contributed by atoms with E-state index in [1.807, 2.05) is 7.05 Å². The summed E-state index contributed by atoms with van der Waals surface area (Å²) in [6.07, 6.45) is 6.16. The zero-order valence-corrected chi connectivity index (χ0v) is 19.0. The molecule has 4 nitrogen and oxygen atoms in total. The van der Waals surface area contributed by atoms with Gasteiger partial charge in [-0.25, -0.2) is 14.0 Å². The summed E-state index contributed by atoms with van der Waals surface area (Å²) >= 11 is 0. The lowest BCUT2D eigenvalue weighted by molar-refractivity contribution is -1.09. The van der Waals surface area contributed by atoms with Crippen LogP contribution in [0, 0.1) is 0 Å². The average molecular weight is 526 g/mol. The topological polar surface area (TPSA) is 12.1 Å². The molecule has 0 saturated carbocycles. The Morgan fingerprint density at radius 1 is 0.941 bits per heavy atom. The van der Waals surface area contributed by atoms with Crippen LogP contribution in [0.5, 0.6) is 0 Å². The largest absolute Gasteiger partial charge is 0.673 e. The Kier molecular flexibility index (Phi) is 14.5. The van der Waals surface area contributed by atoms with Gasteiger partial charge in [0.05, 0.1) is 13.6 Å². The van der Waals surface area contributed by atoms with E-state index < -0.39 is 37.9 Å². The van der Waals surface area contributed by atoms with E-state index >= 15 is 0 Å². The van der Waals surface area contributed by atoms with Crippen LogP contribution >= 0.6 is 0 Å². The highest BCUT2D eigenvalue weighted by Gasteiger charge is 2.65. The van der Waals surface area contributed by atoms with Gasteiger partial charge in [-0.05, 0) is 11.1 Å². The molecule has 18 heteroatoms. The van der Waals surface area contributed by atoms with E-state index in [2.05, 4.69) is 34.8 Å². The molecule has 34 heavy (non-hydrogen) atoms. The second-order valence-electron chi connectivity index (χ2n) is 7.03. The van der Waals surface area contributed by atoms with E-state index in [0.717, 1.165) is 13.6 Å². The highest BCUT2D eigenvalue weighted by molar-refractivity contribution is 6.50. The first kappa shape index (κ1) is 34.2. The van der Waals surface area contributed by atoms with Gasteiger partial charge in [0.15, 0.2) is 6.20 Å². The molecule has 2 rings (SSSR count). The number of aryl methyl sites for hydroxylation is 2. The Bertz CT molecular complexity index is 700. The SMILES string of the molecule is CCCC[N+]1(F)C=C(F)N(C)C1(F)F.CCCCn1cc[n+](C)c1.F[B-](F)(F)F.F[B-](F)(F)F. The van der Waals surface area contributed by atoms with Crippen molar-refractivity contribution in [1.82, 2.24) is 9.47 Å². The Hall–Kier alpha value is -2.00. The number of unbranched alkanes of at least 4 members (excludes halogenated alkanes) is 2. The van der Waals surface area contributed by atoms with Crippen LogP contribution in [0.1, 0.15) is 39.5 Å². The molecule has 1 atom stereocenters. The molecule has 1 aromatic rings. The first-order chi connectivity index (χ1) is 15.2. The van der Waals surface area contributed by atoms with Crippen molar-refractivity contribution in [2.24, 2.45) is 7.05 Å². The normalized spacial score (nSPS) is 19.2. The summed E-state index contributed by atoms with van der Waals surface area (Å²) in [5.74, 6) is -1.23. The third-order valence-electron chi connectivity index (χ3n) is 3.91. The van der Waals surface area contributed by atoms with Crippen molar-refractivity contribution in [2.75, 3.05) is 13.6 Å². The molecule has 0 N–H and O–H groups in total. The molecule has 0 aromatic carbocycles. The van der Waals surface area contributed by atoms with Gasteiger partial charge in [-0.1, -0.05) is 26.7 Å². The first-order valence-corrected chi connectivity index (χ1v) is 10.0. The lowest BCUT2D eigenvalue weighted by Gasteiger charge is -2.27. The molecule has 0 amide bonds. The first-order valence-electron chi connectivity index (χ1n) is 10.0. The smallest absolute Gasteiger partial charge is 0.418 e. The van der Waals surface area contributed by atoms with Crippen LogP contribution in [-0.4, -0.2) is 48.4 Å². The van der Waals surface area contributed by atoms with Gasteiger partial charge in [0, 0.05) is 17.9 Å². The van der Waals surface area contributed by atoms with E-state index in [4.69, 9.17) is 0 Å². The molecule has 1 unspecified atom stereocenters. The number of nitrogens with zero attached hydrogens (tertiary/aromatic N) is 4. The van der Waals surface area contributed by atoms with Crippen LogP contribution in [0.15, 0.2) is 30.9 Å². The molecule has 1 aliphatic rings. The number of rotatable bonds is 6. The second-order valence-corrected chi connectivity index (χ2v) is 7.03. The van der Waals surface area contributed by atoms with E-state index in [9.17, 15) is 52.2 Å². The predicted octanol–water partition coefficient (Wildman–Crippen LogP) is 6.46. The van der Waals surface area contributed by atoms with E-state index in [1.165, 1.54) is 12.8 Å². The molecular weight excluding hydrogens is 498 g/mol. The molecule has 1 aromatic heterocycles. The molecule has 0 spiro atoms. The third-order valence-corrected chi connectivity index (χ3v) is 3.91. The molecule has 0 bridgehead atoms. The molecule has 0 fully saturated rings. The highest BCUT2D eigenvalue weighted by Crippen LogP contribution is 2.42. The van der Waals surface area contributed by atoms with Crippen molar-refractivity contribution < 1.29 is 61.5 Å². The van der Waals surface area contributed by atoms with Gasteiger partial charge in [-0.15, -0.1) is 8.78 Å². The van der Waals surface area contributed by atoms with Gasteiger partial charge in [-0.3, -0.25) is 0 Å². The van der Waals surface area contributed by atoms with Gasteiger partial charge >= 0.3 is 20.7 Å². The third kappa shape index (κ3) is 15.8. The standard InChI is InChI=1S/C8H13F4N2.C8H15N2.2BF4/c1-3-4-5-14(12)6-7(9)13(2)8(14,10)11;1-3-4-5-10-7-6-9(2)8-10;2*2-1(3,4)5/h6H,3-5H2,1-2H3;6-8H,3-5H2,1-2H3;;/q2*+1;2*-1. The zero-order chi connectivity index (χ0) is 27.4. The predicted molar refractivity (Wildman–Crippen MR) is 104 cm³/mol. The van der Waals surface area contributed by atoms with Crippen molar-refractivity contribution in [3.05, 3.63) is 30.9 Å². The van der Waals surface area contributed by atoms with Crippen molar-refractivity contribution in [3.63, 3.8) is 0 Å². The summed E-state index contributed by atoms with van der Waals surface area (Å²) in [7, 11) is -9.13. The van der Waals surface area contributed by atoms with Crippen LogP contribution in [0.2, 0.25) is 0 Å². The van der Waals surface area contributed by atoms with Gasteiger partial charge in [0.25, 0.3) is 5.95 Å². The molecule has 0 saturated heterocycles. The van der Waals surface area contributed by atoms with Gasteiger partial charge in [0.1, 0.15) is 18.9 Å². The van der Waals surface area contributed by atoms with Crippen molar-refractivity contribution in [3.8, 4) is 0 Å². The quantitative estimate of drug-likeness (QED) is 0.136. The van der Waals surface area contributed by atoms with E-state index in [0.29, 0.717) is 12.6 Å². The summed E-state index contributed by atoms with van der Waals surface area (Å²) in [6.45, 7) is 4.70. The minimum Gasteiger partial charge on any atom is -0.418 e. The average Bonchev–Trinajstić information content (AvgIpc) is 3.12. The Balaban J connectivity index is 0. The highest BCUT2D eigenvalue weighted by atomic mass is 19.5. The molecular formula is C16H28B2F12N4. The van der Waals surface area contributed by atoms with E-state index in [1.54, 1.807) is 6.92 Å². The Morgan fingerprint density at radius 3 is 1.68 bits per heavy atom.